The minimum Gasteiger partial charge on any atom is -0.330 e. The molecule has 0 aliphatic heterocycles. The van der Waals surface area contributed by atoms with E-state index in [2.05, 4.69) is 49.2 Å². The topological polar surface area (TPSA) is 29.3 Å². The Morgan fingerprint density at radius 1 is 1.27 bits per heavy atom. The van der Waals surface area contributed by atoms with Crippen molar-refractivity contribution >= 4 is 0 Å². The van der Waals surface area contributed by atoms with E-state index in [0.29, 0.717) is 5.92 Å². The van der Waals surface area contributed by atoms with E-state index < -0.39 is 0 Å². The lowest BCUT2D eigenvalue weighted by Gasteiger charge is -2.18. The second-order valence-electron chi connectivity index (χ2n) is 4.35. The maximum Gasteiger partial charge on any atom is 0.0230 e. The molecule has 1 atom stereocenters. The van der Waals surface area contributed by atoms with Gasteiger partial charge in [0.25, 0.3) is 0 Å². The minimum absolute atomic E-state index is 0.628. The molecule has 0 saturated heterocycles. The molecule has 0 heterocycles. The summed E-state index contributed by atoms with van der Waals surface area (Å²) in [6.07, 6.45) is 1.18. The third-order valence-electron chi connectivity index (χ3n) is 2.70. The van der Waals surface area contributed by atoms with Gasteiger partial charge in [0.15, 0.2) is 0 Å². The third kappa shape index (κ3) is 4.96. The number of benzene rings is 1. The maximum atomic E-state index is 5.59. The first-order chi connectivity index (χ1) is 7.22. The van der Waals surface area contributed by atoms with Crippen molar-refractivity contribution in [3.05, 3.63) is 35.9 Å². The lowest BCUT2D eigenvalue weighted by Crippen LogP contribution is -2.23. The van der Waals surface area contributed by atoms with Crippen LogP contribution in [0, 0.1) is 5.92 Å². The van der Waals surface area contributed by atoms with E-state index in [1.54, 1.807) is 0 Å². The molecule has 1 aromatic rings. The number of nitrogens with two attached hydrogens (primary N) is 1. The van der Waals surface area contributed by atoms with Crippen LogP contribution in [0.4, 0.5) is 0 Å². The summed E-state index contributed by atoms with van der Waals surface area (Å²) in [5.74, 6) is 0.628. The average molecular weight is 206 g/mol. The SMILES string of the molecule is CC(CN)CCN(C)Cc1ccccc1. The zero-order chi connectivity index (χ0) is 11.1. The molecule has 0 saturated carbocycles. The Balaban J connectivity index is 2.27. The molecule has 0 amide bonds. The monoisotopic (exact) mass is 206 g/mol. The molecule has 84 valence electrons. The normalized spacial score (nSPS) is 13.1. The van der Waals surface area contributed by atoms with Gasteiger partial charge in [-0.25, -0.2) is 0 Å². The van der Waals surface area contributed by atoms with Crippen LogP contribution < -0.4 is 5.73 Å². The van der Waals surface area contributed by atoms with E-state index in [0.717, 1.165) is 19.6 Å². The Bertz CT molecular complexity index is 258. The Morgan fingerprint density at radius 3 is 2.53 bits per heavy atom. The first-order valence-corrected chi connectivity index (χ1v) is 5.65. The highest BCUT2D eigenvalue weighted by Gasteiger charge is 2.03. The van der Waals surface area contributed by atoms with Crippen LogP contribution in [-0.2, 0) is 6.54 Å². The van der Waals surface area contributed by atoms with E-state index in [4.69, 9.17) is 5.73 Å². The Hall–Kier alpha value is -0.860. The van der Waals surface area contributed by atoms with E-state index in [9.17, 15) is 0 Å². The summed E-state index contributed by atoms with van der Waals surface area (Å²) in [7, 11) is 2.16. The van der Waals surface area contributed by atoms with Gasteiger partial charge in [-0.1, -0.05) is 37.3 Å². The highest BCUT2D eigenvalue weighted by Crippen LogP contribution is 2.05. The largest absolute Gasteiger partial charge is 0.330 e. The molecular weight excluding hydrogens is 184 g/mol. The molecule has 0 spiro atoms. The quantitative estimate of drug-likeness (QED) is 0.772. The molecule has 0 bridgehead atoms. The first-order valence-electron chi connectivity index (χ1n) is 5.65. The van der Waals surface area contributed by atoms with E-state index in [1.807, 2.05) is 0 Å². The van der Waals surface area contributed by atoms with Gasteiger partial charge < -0.3 is 10.6 Å². The number of hydrogen-bond donors (Lipinski definition) is 1. The number of nitrogens with zero attached hydrogens (tertiary/aromatic N) is 1. The van der Waals surface area contributed by atoms with Gasteiger partial charge in [0.1, 0.15) is 0 Å². The van der Waals surface area contributed by atoms with Crippen LogP contribution in [0.15, 0.2) is 30.3 Å². The Morgan fingerprint density at radius 2 is 1.93 bits per heavy atom. The van der Waals surface area contributed by atoms with Gasteiger partial charge in [-0.05, 0) is 38.0 Å². The molecule has 2 heteroatoms. The fourth-order valence-electron chi connectivity index (χ4n) is 1.53. The minimum atomic E-state index is 0.628. The molecule has 1 rings (SSSR count). The van der Waals surface area contributed by atoms with Crippen molar-refractivity contribution in [1.82, 2.24) is 4.90 Å². The summed E-state index contributed by atoms with van der Waals surface area (Å²) in [6, 6.07) is 10.6. The van der Waals surface area contributed by atoms with Gasteiger partial charge >= 0.3 is 0 Å². The van der Waals surface area contributed by atoms with E-state index in [-0.39, 0.29) is 0 Å². The van der Waals surface area contributed by atoms with Crippen LogP contribution >= 0.6 is 0 Å². The van der Waals surface area contributed by atoms with Crippen molar-refractivity contribution < 1.29 is 0 Å². The molecule has 0 radical (unpaired) electrons. The van der Waals surface area contributed by atoms with Crippen LogP contribution in [0.5, 0.6) is 0 Å². The summed E-state index contributed by atoms with van der Waals surface area (Å²) in [6.45, 7) is 5.14. The molecule has 1 unspecified atom stereocenters. The summed E-state index contributed by atoms with van der Waals surface area (Å²) in [4.78, 5) is 2.35. The Labute approximate surface area is 93.1 Å². The standard InChI is InChI=1S/C13H22N2/c1-12(10-14)8-9-15(2)11-13-6-4-3-5-7-13/h3-7,12H,8-11,14H2,1-2H3. The van der Waals surface area contributed by atoms with Crippen molar-refractivity contribution in [1.29, 1.82) is 0 Å². The van der Waals surface area contributed by atoms with Crippen LogP contribution in [0.25, 0.3) is 0 Å². The highest BCUT2D eigenvalue weighted by atomic mass is 15.1. The van der Waals surface area contributed by atoms with Gasteiger partial charge in [0.05, 0.1) is 0 Å². The van der Waals surface area contributed by atoms with Crippen LogP contribution in [0.1, 0.15) is 18.9 Å². The lowest BCUT2D eigenvalue weighted by atomic mass is 10.1. The molecule has 0 aromatic heterocycles. The van der Waals surface area contributed by atoms with Gasteiger partial charge in [-0.2, -0.15) is 0 Å². The second kappa shape index (κ2) is 6.59. The second-order valence-corrected chi connectivity index (χ2v) is 4.35. The first kappa shape index (κ1) is 12.2. The van der Waals surface area contributed by atoms with E-state index >= 15 is 0 Å². The fourth-order valence-corrected chi connectivity index (χ4v) is 1.53. The van der Waals surface area contributed by atoms with E-state index in [1.165, 1.54) is 12.0 Å². The predicted octanol–water partition coefficient (Wildman–Crippen LogP) is 2.10. The van der Waals surface area contributed by atoms with Crippen LogP contribution in [0.3, 0.4) is 0 Å². The zero-order valence-corrected chi connectivity index (χ0v) is 9.82. The van der Waals surface area contributed by atoms with Crippen LogP contribution in [-0.4, -0.2) is 25.0 Å². The number of rotatable bonds is 6. The van der Waals surface area contributed by atoms with Crippen LogP contribution in [0.2, 0.25) is 0 Å². The van der Waals surface area contributed by atoms with Crippen molar-refractivity contribution in [2.45, 2.75) is 19.9 Å². The smallest absolute Gasteiger partial charge is 0.0230 e. The number of hydrogen-bond acceptors (Lipinski definition) is 2. The predicted molar refractivity (Wildman–Crippen MR) is 65.6 cm³/mol. The summed E-state index contributed by atoms with van der Waals surface area (Å²) in [5, 5.41) is 0. The highest BCUT2D eigenvalue weighted by molar-refractivity contribution is 5.14. The lowest BCUT2D eigenvalue weighted by molar-refractivity contribution is 0.300. The fraction of sp³-hybridized carbons (Fsp3) is 0.538. The molecule has 2 nitrogen and oxygen atoms in total. The summed E-state index contributed by atoms with van der Waals surface area (Å²) < 4.78 is 0. The van der Waals surface area contributed by atoms with Crippen molar-refractivity contribution in [2.24, 2.45) is 11.7 Å². The molecule has 0 fully saturated rings. The molecule has 2 N–H and O–H groups in total. The molecule has 15 heavy (non-hydrogen) atoms. The summed E-state index contributed by atoms with van der Waals surface area (Å²) in [5.41, 5.74) is 6.97. The molecule has 1 aromatic carbocycles. The van der Waals surface area contributed by atoms with Crippen molar-refractivity contribution in [3.63, 3.8) is 0 Å². The van der Waals surface area contributed by atoms with Gasteiger partial charge in [0.2, 0.25) is 0 Å². The third-order valence-corrected chi connectivity index (χ3v) is 2.70. The zero-order valence-electron chi connectivity index (χ0n) is 9.82. The Kier molecular flexibility index (Phi) is 5.37. The van der Waals surface area contributed by atoms with Gasteiger partial charge in [-0.3, -0.25) is 0 Å². The molecular formula is C13H22N2. The van der Waals surface area contributed by atoms with Gasteiger partial charge in [0, 0.05) is 6.54 Å². The molecule has 0 aliphatic carbocycles. The average Bonchev–Trinajstić information content (AvgIpc) is 2.27. The summed E-state index contributed by atoms with van der Waals surface area (Å²) >= 11 is 0. The van der Waals surface area contributed by atoms with Crippen molar-refractivity contribution in [2.75, 3.05) is 20.1 Å². The molecule has 0 aliphatic rings. The van der Waals surface area contributed by atoms with Crippen molar-refractivity contribution in [3.8, 4) is 0 Å². The maximum absolute atomic E-state index is 5.59. The van der Waals surface area contributed by atoms with Gasteiger partial charge in [-0.15, -0.1) is 0 Å².